The molecular weight excluding hydrogens is 178 g/mol. The average Bonchev–Trinajstić information content (AvgIpc) is 2.16. The molecule has 86 valence electrons. The van der Waals surface area contributed by atoms with Crippen LogP contribution in [-0.2, 0) is 4.74 Å². The highest BCUT2D eigenvalue weighted by Crippen LogP contribution is 2.15. The summed E-state index contributed by atoms with van der Waals surface area (Å²) in [6.07, 6.45) is 0.871. The van der Waals surface area contributed by atoms with Crippen molar-refractivity contribution in [1.29, 1.82) is 0 Å². The molecule has 0 bridgehead atoms. The van der Waals surface area contributed by atoms with Crippen molar-refractivity contribution in [1.82, 2.24) is 4.90 Å². The van der Waals surface area contributed by atoms with Crippen LogP contribution < -0.4 is 0 Å². The van der Waals surface area contributed by atoms with Gasteiger partial charge in [-0.1, -0.05) is 13.8 Å². The van der Waals surface area contributed by atoms with Crippen LogP contribution in [-0.4, -0.2) is 48.5 Å². The van der Waals surface area contributed by atoms with E-state index < -0.39 is 0 Å². The summed E-state index contributed by atoms with van der Waals surface area (Å²) in [6, 6.07) is 0. The van der Waals surface area contributed by atoms with E-state index in [0.717, 1.165) is 32.7 Å². The lowest BCUT2D eigenvalue weighted by Gasteiger charge is -2.38. The number of hydrogen-bond donors (Lipinski definition) is 1. The van der Waals surface area contributed by atoms with Gasteiger partial charge in [-0.05, 0) is 20.3 Å². The molecule has 0 amide bonds. The second kappa shape index (κ2) is 7.21. The van der Waals surface area contributed by atoms with E-state index in [1.54, 1.807) is 0 Å². The molecule has 0 spiro atoms. The van der Waals surface area contributed by atoms with Gasteiger partial charge in [0, 0.05) is 26.2 Å². The van der Waals surface area contributed by atoms with E-state index in [1.165, 1.54) is 0 Å². The van der Waals surface area contributed by atoms with Gasteiger partial charge in [0.25, 0.3) is 0 Å². The number of rotatable bonds is 3. The number of aliphatic hydroxyl groups is 1. The molecule has 0 radical (unpaired) electrons. The summed E-state index contributed by atoms with van der Waals surface area (Å²) in [4.78, 5) is 2.35. The lowest BCUT2D eigenvalue weighted by atomic mass is 10.1. The van der Waals surface area contributed by atoms with Crippen molar-refractivity contribution in [2.24, 2.45) is 0 Å². The number of aliphatic hydroxyl groups excluding tert-OH is 1. The topological polar surface area (TPSA) is 32.7 Å². The highest BCUT2D eigenvalue weighted by Gasteiger charge is 2.26. The number of hydrogen-bond acceptors (Lipinski definition) is 3. The van der Waals surface area contributed by atoms with Gasteiger partial charge in [-0.2, -0.15) is 0 Å². The fraction of sp³-hybridized carbons (Fsp3) is 1.00. The van der Waals surface area contributed by atoms with Crippen LogP contribution in [0.3, 0.4) is 0 Å². The van der Waals surface area contributed by atoms with Crippen molar-refractivity contribution < 1.29 is 9.84 Å². The van der Waals surface area contributed by atoms with E-state index >= 15 is 0 Å². The first kappa shape index (κ1) is 13.9. The van der Waals surface area contributed by atoms with Crippen LogP contribution in [0, 0.1) is 0 Å². The Bertz CT molecular complexity index is 137. The summed E-state index contributed by atoms with van der Waals surface area (Å²) in [5.74, 6) is 0. The molecule has 1 aliphatic heterocycles. The minimum absolute atomic E-state index is 0.00624. The van der Waals surface area contributed by atoms with E-state index in [9.17, 15) is 0 Å². The summed E-state index contributed by atoms with van der Waals surface area (Å²) < 4.78 is 5.57. The van der Waals surface area contributed by atoms with Crippen LogP contribution in [0.2, 0.25) is 0 Å². The molecule has 1 saturated heterocycles. The van der Waals surface area contributed by atoms with Crippen LogP contribution in [0.4, 0.5) is 0 Å². The Morgan fingerprint density at radius 3 is 2.50 bits per heavy atom. The predicted molar refractivity (Wildman–Crippen MR) is 59.5 cm³/mol. The third-order valence-corrected chi connectivity index (χ3v) is 2.14. The molecule has 0 atom stereocenters. The number of nitrogens with zero attached hydrogens (tertiary/aromatic N) is 1. The zero-order valence-electron chi connectivity index (χ0n) is 10.0. The monoisotopic (exact) mass is 203 g/mol. The largest absolute Gasteiger partial charge is 0.396 e. The van der Waals surface area contributed by atoms with Gasteiger partial charge in [-0.3, -0.25) is 4.90 Å². The fourth-order valence-electron chi connectivity index (χ4n) is 1.60. The first-order chi connectivity index (χ1) is 6.64. The van der Waals surface area contributed by atoms with Gasteiger partial charge in [0.1, 0.15) is 0 Å². The van der Waals surface area contributed by atoms with Crippen molar-refractivity contribution in [2.45, 2.75) is 39.7 Å². The van der Waals surface area contributed by atoms with Gasteiger partial charge in [0.15, 0.2) is 0 Å². The maximum Gasteiger partial charge on any atom is 0.0753 e. The van der Waals surface area contributed by atoms with Crippen molar-refractivity contribution in [3.05, 3.63) is 0 Å². The van der Waals surface area contributed by atoms with Gasteiger partial charge in [-0.25, -0.2) is 0 Å². The van der Waals surface area contributed by atoms with Crippen molar-refractivity contribution in [3.8, 4) is 0 Å². The Balaban J connectivity index is 0.000000791. The molecule has 1 aliphatic rings. The van der Waals surface area contributed by atoms with Crippen molar-refractivity contribution in [3.63, 3.8) is 0 Å². The first-order valence-corrected chi connectivity index (χ1v) is 5.61. The van der Waals surface area contributed by atoms with Gasteiger partial charge < -0.3 is 9.84 Å². The molecule has 0 aromatic rings. The van der Waals surface area contributed by atoms with Gasteiger partial charge in [-0.15, -0.1) is 0 Å². The minimum Gasteiger partial charge on any atom is -0.396 e. The van der Waals surface area contributed by atoms with Crippen LogP contribution in [0.15, 0.2) is 0 Å². The fourth-order valence-corrected chi connectivity index (χ4v) is 1.60. The van der Waals surface area contributed by atoms with Crippen LogP contribution in [0.1, 0.15) is 34.1 Å². The second-order valence-electron chi connectivity index (χ2n) is 3.96. The molecule has 1 fully saturated rings. The number of ether oxygens (including phenoxy) is 1. The van der Waals surface area contributed by atoms with E-state index in [1.807, 2.05) is 13.8 Å². The van der Waals surface area contributed by atoms with Crippen LogP contribution in [0.25, 0.3) is 0 Å². The maximum absolute atomic E-state index is 8.67. The standard InChI is InChI=1S/C9H19NO2.C2H6/c1-9(2)8-10(4-3-6-11)5-7-12-9;1-2/h11H,3-8H2,1-2H3;1-2H3. The molecule has 0 aliphatic carbocycles. The highest BCUT2D eigenvalue weighted by atomic mass is 16.5. The van der Waals surface area contributed by atoms with Crippen molar-refractivity contribution >= 4 is 0 Å². The lowest BCUT2D eigenvalue weighted by Crippen LogP contribution is -2.48. The molecule has 1 N–H and O–H groups in total. The average molecular weight is 203 g/mol. The minimum atomic E-state index is -0.00624. The van der Waals surface area contributed by atoms with E-state index in [2.05, 4.69) is 18.7 Å². The van der Waals surface area contributed by atoms with E-state index in [-0.39, 0.29) is 12.2 Å². The first-order valence-electron chi connectivity index (χ1n) is 5.61. The van der Waals surface area contributed by atoms with Crippen LogP contribution in [0.5, 0.6) is 0 Å². The Labute approximate surface area is 88.1 Å². The Morgan fingerprint density at radius 1 is 1.36 bits per heavy atom. The Kier molecular flexibility index (Phi) is 7.15. The summed E-state index contributed by atoms with van der Waals surface area (Å²) in [5, 5.41) is 8.67. The molecule has 1 rings (SSSR count). The Hall–Kier alpha value is -0.120. The summed E-state index contributed by atoms with van der Waals surface area (Å²) in [5.41, 5.74) is -0.00624. The van der Waals surface area contributed by atoms with Gasteiger partial charge >= 0.3 is 0 Å². The van der Waals surface area contributed by atoms with Gasteiger partial charge in [0.2, 0.25) is 0 Å². The Morgan fingerprint density at radius 2 is 2.00 bits per heavy atom. The highest BCUT2D eigenvalue weighted by molar-refractivity contribution is 4.78. The molecule has 1 heterocycles. The molecule has 14 heavy (non-hydrogen) atoms. The summed E-state index contributed by atoms with van der Waals surface area (Å²) in [6.45, 7) is 12.3. The molecular formula is C11H25NO2. The molecule has 3 nitrogen and oxygen atoms in total. The third-order valence-electron chi connectivity index (χ3n) is 2.14. The third kappa shape index (κ3) is 5.58. The molecule has 3 heteroatoms. The van der Waals surface area contributed by atoms with E-state index in [4.69, 9.17) is 9.84 Å². The normalized spacial score (nSPS) is 21.2. The maximum atomic E-state index is 8.67. The molecule has 0 aromatic carbocycles. The predicted octanol–water partition coefficient (Wildman–Crippen LogP) is 1.51. The van der Waals surface area contributed by atoms with Gasteiger partial charge in [0.05, 0.1) is 12.2 Å². The molecule has 0 aromatic heterocycles. The second-order valence-corrected chi connectivity index (χ2v) is 3.96. The SMILES string of the molecule is CC.CC1(C)CN(CCCO)CCO1. The summed E-state index contributed by atoms with van der Waals surface area (Å²) in [7, 11) is 0. The van der Waals surface area contributed by atoms with Crippen molar-refractivity contribution in [2.75, 3.05) is 32.8 Å². The van der Waals surface area contributed by atoms with Crippen LogP contribution >= 0.6 is 0 Å². The lowest BCUT2D eigenvalue weighted by molar-refractivity contribution is -0.0866. The zero-order valence-corrected chi connectivity index (χ0v) is 10.0. The van der Waals surface area contributed by atoms with E-state index in [0.29, 0.717) is 0 Å². The summed E-state index contributed by atoms with van der Waals surface area (Å²) >= 11 is 0. The smallest absolute Gasteiger partial charge is 0.0753 e. The molecule has 0 unspecified atom stereocenters. The molecule has 0 saturated carbocycles. The zero-order chi connectivity index (χ0) is 11.0. The quantitative estimate of drug-likeness (QED) is 0.754. The number of morpholine rings is 1.